The van der Waals surface area contributed by atoms with Crippen molar-refractivity contribution in [3.63, 3.8) is 0 Å². The number of piperidine rings is 1. The van der Waals surface area contributed by atoms with Crippen molar-refractivity contribution in [3.05, 3.63) is 12.2 Å². The highest BCUT2D eigenvalue weighted by molar-refractivity contribution is 7.87. The Morgan fingerprint density at radius 1 is 1.57 bits per heavy atom. The Morgan fingerprint density at radius 2 is 2.29 bits per heavy atom. The number of nitrogens with zero attached hydrogens (tertiary/aromatic N) is 4. The number of aryl methyl sites for hydroxylation is 1. The minimum absolute atomic E-state index is 0.00377. The summed E-state index contributed by atoms with van der Waals surface area (Å²) >= 11 is 0. The molecule has 2 atom stereocenters. The molecule has 0 radical (unpaired) electrons. The molecule has 1 saturated heterocycles. The van der Waals surface area contributed by atoms with E-state index in [2.05, 4.69) is 14.9 Å². The van der Waals surface area contributed by atoms with Crippen molar-refractivity contribution in [2.75, 3.05) is 13.1 Å². The zero-order valence-corrected chi connectivity index (χ0v) is 12.7. The van der Waals surface area contributed by atoms with E-state index in [9.17, 15) is 13.2 Å². The quantitative estimate of drug-likeness (QED) is 0.756. The number of rotatable bonds is 5. The fraction of sp³-hybridized carbons (Fsp3) is 0.727. The fourth-order valence-electron chi connectivity index (χ4n) is 2.40. The summed E-state index contributed by atoms with van der Waals surface area (Å²) < 4.78 is 30.0. The van der Waals surface area contributed by atoms with E-state index in [1.54, 1.807) is 18.5 Å². The number of aliphatic carboxylic acids is 1. The normalized spacial score (nSPS) is 22.1. The number of nitrogens with one attached hydrogen (secondary N) is 1. The molecule has 118 valence electrons. The summed E-state index contributed by atoms with van der Waals surface area (Å²) in [5, 5.41) is 16.6. The summed E-state index contributed by atoms with van der Waals surface area (Å²) in [5.74, 6) is -1.12. The number of hydrogen-bond donors (Lipinski definition) is 2. The molecule has 2 N–H and O–H groups in total. The molecule has 0 spiro atoms. The lowest BCUT2D eigenvalue weighted by atomic mass is 10.0. The van der Waals surface area contributed by atoms with Crippen LogP contribution < -0.4 is 4.72 Å². The summed E-state index contributed by atoms with van der Waals surface area (Å²) in [4.78, 5) is 11.0. The number of hydrogen-bond acceptors (Lipinski definition) is 5. The van der Waals surface area contributed by atoms with Gasteiger partial charge in [-0.2, -0.15) is 17.4 Å². The number of carboxylic acids is 1. The Hall–Kier alpha value is -1.52. The Morgan fingerprint density at radius 3 is 2.86 bits per heavy atom. The van der Waals surface area contributed by atoms with Crippen molar-refractivity contribution >= 4 is 16.2 Å². The third-order valence-corrected chi connectivity index (χ3v) is 5.20. The molecule has 0 amide bonds. The molecule has 0 bridgehead atoms. The summed E-state index contributed by atoms with van der Waals surface area (Å²) in [6.07, 6.45) is 2.53. The molecule has 1 aromatic heterocycles. The summed E-state index contributed by atoms with van der Waals surface area (Å²) in [5.41, 5.74) is 0. The highest BCUT2D eigenvalue weighted by atomic mass is 32.2. The molecule has 1 fully saturated rings. The lowest BCUT2D eigenvalue weighted by Crippen LogP contribution is -2.48. The van der Waals surface area contributed by atoms with Crippen LogP contribution in [0.25, 0.3) is 0 Å². The van der Waals surface area contributed by atoms with Gasteiger partial charge in [-0.15, -0.1) is 10.2 Å². The molecule has 2 unspecified atom stereocenters. The topological polar surface area (TPSA) is 117 Å². The van der Waals surface area contributed by atoms with E-state index in [1.165, 1.54) is 10.6 Å². The van der Waals surface area contributed by atoms with Crippen LogP contribution in [0, 0.1) is 5.92 Å². The minimum atomic E-state index is -3.75. The second-order valence-electron chi connectivity index (χ2n) is 5.18. The van der Waals surface area contributed by atoms with Crippen molar-refractivity contribution in [2.24, 2.45) is 13.0 Å². The molecule has 2 heterocycles. The van der Waals surface area contributed by atoms with E-state index in [1.807, 2.05) is 0 Å². The number of carbonyl (C=O) groups is 1. The summed E-state index contributed by atoms with van der Waals surface area (Å²) in [7, 11) is -2.03. The first kappa shape index (κ1) is 15.9. The highest BCUT2D eigenvalue weighted by Crippen LogP contribution is 2.20. The molecule has 9 nitrogen and oxygen atoms in total. The number of carboxylic acid groups (broad SMARTS) is 1. The standard InChI is InChI=1S/C11H19N5O4S/c1-8(10-13-12-7-15(10)2)14-21(19,20)16-5-3-4-9(6-16)11(17)18/h7-9,14H,3-6H2,1-2H3,(H,17,18). The average molecular weight is 317 g/mol. The van der Waals surface area contributed by atoms with Gasteiger partial charge in [0.05, 0.1) is 12.0 Å². The third kappa shape index (κ3) is 3.57. The van der Waals surface area contributed by atoms with Crippen LogP contribution in [-0.2, 0) is 22.1 Å². The van der Waals surface area contributed by atoms with Gasteiger partial charge in [-0.3, -0.25) is 4.79 Å². The van der Waals surface area contributed by atoms with Crippen LogP contribution in [0.3, 0.4) is 0 Å². The minimum Gasteiger partial charge on any atom is -0.481 e. The van der Waals surface area contributed by atoms with Gasteiger partial charge >= 0.3 is 5.97 Å². The Balaban J connectivity index is 2.08. The van der Waals surface area contributed by atoms with Crippen molar-refractivity contribution in [1.29, 1.82) is 0 Å². The van der Waals surface area contributed by atoms with Gasteiger partial charge in [0.25, 0.3) is 10.2 Å². The summed E-state index contributed by atoms with van der Waals surface area (Å²) in [6, 6.07) is -0.548. The summed E-state index contributed by atoms with van der Waals surface area (Å²) in [6.45, 7) is 1.99. The van der Waals surface area contributed by atoms with E-state index < -0.39 is 28.1 Å². The second-order valence-corrected chi connectivity index (χ2v) is 6.88. The molecular formula is C11H19N5O4S. The smallest absolute Gasteiger partial charge is 0.307 e. The molecule has 1 aliphatic heterocycles. The monoisotopic (exact) mass is 317 g/mol. The second kappa shape index (κ2) is 6.08. The maximum absolute atomic E-state index is 12.3. The molecule has 0 aliphatic carbocycles. The third-order valence-electron chi connectivity index (χ3n) is 3.53. The first-order valence-electron chi connectivity index (χ1n) is 6.65. The maximum atomic E-state index is 12.3. The van der Waals surface area contributed by atoms with Crippen LogP contribution in [0.4, 0.5) is 0 Å². The molecule has 21 heavy (non-hydrogen) atoms. The average Bonchev–Trinajstić information content (AvgIpc) is 2.85. The maximum Gasteiger partial charge on any atom is 0.307 e. The zero-order chi connectivity index (χ0) is 15.6. The lowest BCUT2D eigenvalue weighted by Gasteiger charge is -2.30. The van der Waals surface area contributed by atoms with Gasteiger partial charge in [-0.25, -0.2) is 0 Å². The van der Waals surface area contributed by atoms with Crippen LogP contribution in [0.2, 0.25) is 0 Å². The molecule has 2 rings (SSSR count). The van der Waals surface area contributed by atoms with Crippen LogP contribution in [0.15, 0.2) is 6.33 Å². The first-order valence-corrected chi connectivity index (χ1v) is 8.09. The van der Waals surface area contributed by atoms with E-state index in [-0.39, 0.29) is 6.54 Å². The van der Waals surface area contributed by atoms with Gasteiger partial charge in [-0.05, 0) is 19.8 Å². The van der Waals surface area contributed by atoms with Crippen LogP contribution in [0.5, 0.6) is 0 Å². The van der Waals surface area contributed by atoms with E-state index in [0.29, 0.717) is 25.2 Å². The largest absolute Gasteiger partial charge is 0.481 e. The van der Waals surface area contributed by atoms with Gasteiger partial charge in [0, 0.05) is 20.1 Å². The SMILES string of the molecule is CC(NS(=O)(=O)N1CCCC(C(=O)O)C1)c1nncn1C. The lowest BCUT2D eigenvalue weighted by molar-refractivity contribution is -0.142. The van der Waals surface area contributed by atoms with E-state index in [0.717, 1.165) is 0 Å². The molecule has 0 saturated carbocycles. The van der Waals surface area contributed by atoms with Gasteiger partial charge < -0.3 is 9.67 Å². The Bertz CT molecular complexity index is 614. The molecular weight excluding hydrogens is 298 g/mol. The van der Waals surface area contributed by atoms with E-state index >= 15 is 0 Å². The van der Waals surface area contributed by atoms with Crippen molar-refractivity contribution in [3.8, 4) is 0 Å². The predicted molar refractivity (Wildman–Crippen MR) is 73.4 cm³/mol. The fourth-order valence-corrected chi connectivity index (χ4v) is 3.84. The molecule has 0 aromatic carbocycles. The van der Waals surface area contributed by atoms with E-state index in [4.69, 9.17) is 5.11 Å². The van der Waals surface area contributed by atoms with Crippen molar-refractivity contribution < 1.29 is 18.3 Å². The highest BCUT2D eigenvalue weighted by Gasteiger charge is 2.33. The van der Waals surface area contributed by atoms with Crippen LogP contribution in [0.1, 0.15) is 31.6 Å². The molecule has 1 aromatic rings. The predicted octanol–water partition coefficient (Wildman–Crippen LogP) is -0.493. The zero-order valence-electron chi connectivity index (χ0n) is 11.9. The first-order chi connectivity index (χ1) is 9.81. The van der Waals surface area contributed by atoms with Crippen LogP contribution in [-0.4, -0.2) is 51.7 Å². The van der Waals surface area contributed by atoms with Gasteiger partial charge in [0.15, 0.2) is 5.82 Å². The van der Waals surface area contributed by atoms with Gasteiger partial charge in [0.2, 0.25) is 0 Å². The van der Waals surface area contributed by atoms with Gasteiger partial charge in [-0.1, -0.05) is 0 Å². The molecule has 1 aliphatic rings. The van der Waals surface area contributed by atoms with Crippen molar-refractivity contribution in [2.45, 2.75) is 25.8 Å². The Labute approximate surface area is 123 Å². The number of aromatic nitrogens is 3. The van der Waals surface area contributed by atoms with Gasteiger partial charge in [0.1, 0.15) is 6.33 Å². The van der Waals surface area contributed by atoms with Crippen molar-refractivity contribution in [1.82, 2.24) is 23.8 Å². The Kier molecular flexibility index (Phi) is 4.59. The van der Waals surface area contributed by atoms with Crippen LogP contribution >= 0.6 is 0 Å². The molecule has 10 heteroatoms.